The molecule has 0 radical (unpaired) electrons. The predicted molar refractivity (Wildman–Crippen MR) is 87.1 cm³/mol. The lowest BCUT2D eigenvalue weighted by Gasteiger charge is -2.19. The second kappa shape index (κ2) is 11.8. The van der Waals surface area contributed by atoms with Crippen molar-refractivity contribution in [2.24, 2.45) is 5.73 Å². The van der Waals surface area contributed by atoms with Crippen LogP contribution in [0.5, 0.6) is 0 Å². The first kappa shape index (κ1) is 20.1. The summed E-state index contributed by atoms with van der Waals surface area (Å²) in [5, 5.41) is 0. The third-order valence-corrected chi connectivity index (χ3v) is 3.60. The van der Waals surface area contributed by atoms with Crippen LogP contribution in [-0.4, -0.2) is 30.8 Å². The molecule has 0 fully saturated rings. The lowest BCUT2D eigenvalue weighted by Crippen LogP contribution is -2.21. The molecule has 0 aromatic rings. The number of carbonyl (C=O) groups excluding carboxylic acids is 1. The molecule has 0 saturated carbocycles. The summed E-state index contributed by atoms with van der Waals surface area (Å²) in [5.74, 6) is -0.249. The van der Waals surface area contributed by atoms with Gasteiger partial charge in [0.2, 0.25) is 0 Å². The van der Waals surface area contributed by atoms with Crippen molar-refractivity contribution in [1.82, 2.24) is 0 Å². The van der Waals surface area contributed by atoms with Crippen LogP contribution in [0.4, 0.5) is 0 Å². The van der Waals surface area contributed by atoms with Crippen molar-refractivity contribution in [3.63, 3.8) is 0 Å². The molecule has 4 heteroatoms. The lowest BCUT2D eigenvalue weighted by atomic mass is 10.0. The molecule has 0 rings (SSSR count). The highest BCUT2D eigenvalue weighted by molar-refractivity contribution is 5.88. The highest BCUT2D eigenvalue weighted by Crippen LogP contribution is 2.15. The molecule has 0 aliphatic heterocycles. The van der Waals surface area contributed by atoms with Crippen molar-refractivity contribution < 1.29 is 14.3 Å². The van der Waals surface area contributed by atoms with Gasteiger partial charge in [-0.3, -0.25) is 0 Å². The molecule has 0 aliphatic carbocycles. The van der Waals surface area contributed by atoms with Crippen molar-refractivity contribution in [1.29, 1.82) is 0 Å². The summed E-state index contributed by atoms with van der Waals surface area (Å²) in [4.78, 5) is 12.0. The topological polar surface area (TPSA) is 61.5 Å². The molecule has 0 aromatic carbocycles. The van der Waals surface area contributed by atoms with Gasteiger partial charge in [-0.1, -0.05) is 20.8 Å². The molecular formula is C17H33NO3. The van der Waals surface area contributed by atoms with E-state index in [1.807, 2.05) is 19.9 Å². The van der Waals surface area contributed by atoms with Crippen molar-refractivity contribution in [3.05, 3.63) is 11.6 Å². The summed E-state index contributed by atoms with van der Waals surface area (Å²) >= 11 is 0. The molecular weight excluding hydrogens is 266 g/mol. The third kappa shape index (κ3) is 8.89. The van der Waals surface area contributed by atoms with Gasteiger partial charge in [0.05, 0.1) is 18.8 Å². The number of carbonyl (C=O) groups is 1. The average molecular weight is 299 g/mol. The molecule has 0 bridgehead atoms. The summed E-state index contributed by atoms with van der Waals surface area (Å²) in [7, 11) is 0. The second-order valence-electron chi connectivity index (χ2n) is 5.40. The predicted octanol–water partition coefficient (Wildman–Crippen LogP) is 3.59. The van der Waals surface area contributed by atoms with E-state index in [0.29, 0.717) is 18.6 Å². The van der Waals surface area contributed by atoms with E-state index in [0.717, 1.165) is 25.7 Å². The number of ether oxygens (including phenoxy) is 2. The minimum Gasteiger partial charge on any atom is -0.463 e. The normalized spacial score (nSPS) is 15.1. The summed E-state index contributed by atoms with van der Waals surface area (Å²) in [6.07, 6.45) is 6.33. The van der Waals surface area contributed by atoms with Gasteiger partial charge in [-0.15, -0.1) is 0 Å². The molecule has 0 saturated heterocycles. The monoisotopic (exact) mass is 299 g/mol. The Kier molecular flexibility index (Phi) is 11.3. The molecule has 0 aliphatic rings. The van der Waals surface area contributed by atoms with Gasteiger partial charge in [0.1, 0.15) is 0 Å². The van der Waals surface area contributed by atoms with E-state index in [-0.39, 0.29) is 24.2 Å². The zero-order valence-electron chi connectivity index (χ0n) is 14.4. The molecule has 0 spiro atoms. The molecule has 2 atom stereocenters. The summed E-state index contributed by atoms with van der Waals surface area (Å²) in [6, 6.07) is 0.123. The third-order valence-electron chi connectivity index (χ3n) is 3.60. The van der Waals surface area contributed by atoms with Crippen LogP contribution in [0.25, 0.3) is 0 Å². The molecule has 0 amide bonds. The van der Waals surface area contributed by atoms with Gasteiger partial charge in [0.25, 0.3) is 0 Å². The molecule has 0 heterocycles. The first-order valence-electron chi connectivity index (χ1n) is 8.27. The fourth-order valence-corrected chi connectivity index (χ4v) is 2.13. The van der Waals surface area contributed by atoms with Crippen LogP contribution in [0.2, 0.25) is 0 Å². The SMILES string of the molecule is CCOC(=O)/C(=C/[C@H](C)OC(CC)CC)CC[C@H](N)CC. The Bertz CT molecular complexity index is 311. The van der Waals surface area contributed by atoms with Crippen molar-refractivity contribution in [2.75, 3.05) is 6.61 Å². The van der Waals surface area contributed by atoms with Crippen LogP contribution < -0.4 is 5.73 Å². The Morgan fingerprint density at radius 2 is 1.76 bits per heavy atom. The first-order chi connectivity index (χ1) is 9.98. The highest BCUT2D eigenvalue weighted by atomic mass is 16.5. The lowest BCUT2D eigenvalue weighted by molar-refractivity contribution is -0.138. The van der Waals surface area contributed by atoms with Gasteiger partial charge in [-0.2, -0.15) is 0 Å². The van der Waals surface area contributed by atoms with Crippen LogP contribution in [0, 0.1) is 0 Å². The molecule has 0 aromatic heterocycles. The fourth-order valence-electron chi connectivity index (χ4n) is 2.13. The van der Waals surface area contributed by atoms with Crippen LogP contribution in [0.15, 0.2) is 11.6 Å². The molecule has 2 N–H and O–H groups in total. The minimum absolute atomic E-state index is 0.0906. The Labute approximate surface area is 130 Å². The highest BCUT2D eigenvalue weighted by Gasteiger charge is 2.15. The quantitative estimate of drug-likeness (QED) is 0.468. The molecule has 0 unspecified atom stereocenters. The maximum Gasteiger partial charge on any atom is 0.333 e. The standard InChI is InChI=1S/C17H33NO3/c1-6-15(18)11-10-14(17(19)20-9-4)12-13(5)21-16(7-2)8-3/h12-13,15-16H,6-11,18H2,1-5H3/b14-12+/t13-,15+/m0/s1. The van der Waals surface area contributed by atoms with Gasteiger partial charge in [-0.25, -0.2) is 4.79 Å². The number of nitrogens with two attached hydrogens (primary N) is 1. The van der Waals surface area contributed by atoms with Crippen LogP contribution in [-0.2, 0) is 14.3 Å². The summed E-state index contributed by atoms with van der Waals surface area (Å²) < 4.78 is 11.1. The van der Waals surface area contributed by atoms with E-state index in [2.05, 4.69) is 20.8 Å². The Morgan fingerprint density at radius 3 is 2.24 bits per heavy atom. The first-order valence-corrected chi connectivity index (χ1v) is 8.27. The maximum absolute atomic E-state index is 12.0. The maximum atomic E-state index is 12.0. The van der Waals surface area contributed by atoms with Gasteiger partial charge in [0.15, 0.2) is 0 Å². The minimum atomic E-state index is -0.249. The smallest absolute Gasteiger partial charge is 0.333 e. The van der Waals surface area contributed by atoms with Gasteiger partial charge < -0.3 is 15.2 Å². The molecule has 21 heavy (non-hydrogen) atoms. The second-order valence-corrected chi connectivity index (χ2v) is 5.40. The van der Waals surface area contributed by atoms with E-state index >= 15 is 0 Å². The summed E-state index contributed by atoms with van der Waals surface area (Å²) in [5.41, 5.74) is 6.62. The van der Waals surface area contributed by atoms with Crippen LogP contribution in [0.1, 0.15) is 66.7 Å². The zero-order chi connectivity index (χ0) is 16.3. The number of esters is 1. The van der Waals surface area contributed by atoms with Crippen molar-refractivity contribution in [2.45, 2.75) is 85.0 Å². The van der Waals surface area contributed by atoms with Crippen LogP contribution in [0.3, 0.4) is 0 Å². The molecule has 4 nitrogen and oxygen atoms in total. The summed E-state index contributed by atoms with van der Waals surface area (Å²) in [6.45, 7) is 10.4. The number of hydrogen-bond acceptors (Lipinski definition) is 4. The van der Waals surface area contributed by atoms with E-state index < -0.39 is 0 Å². The van der Waals surface area contributed by atoms with Crippen LogP contribution >= 0.6 is 0 Å². The van der Waals surface area contributed by atoms with E-state index in [1.165, 1.54) is 0 Å². The van der Waals surface area contributed by atoms with E-state index in [9.17, 15) is 4.79 Å². The Balaban J connectivity index is 4.75. The fraction of sp³-hybridized carbons (Fsp3) is 0.824. The molecule has 124 valence electrons. The number of rotatable bonds is 11. The van der Waals surface area contributed by atoms with E-state index in [4.69, 9.17) is 15.2 Å². The van der Waals surface area contributed by atoms with Gasteiger partial charge in [0, 0.05) is 11.6 Å². The zero-order valence-corrected chi connectivity index (χ0v) is 14.4. The number of hydrogen-bond donors (Lipinski definition) is 1. The van der Waals surface area contributed by atoms with Gasteiger partial charge in [-0.05, 0) is 52.0 Å². The van der Waals surface area contributed by atoms with Crippen molar-refractivity contribution in [3.8, 4) is 0 Å². The van der Waals surface area contributed by atoms with E-state index in [1.54, 1.807) is 0 Å². The van der Waals surface area contributed by atoms with Crippen molar-refractivity contribution >= 4 is 5.97 Å². The average Bonchev–Trinajstić information content (AvgIpc) is 2.48. The largest absolute Gasteiger partial charge is 0.463 e. The van der Waals surface area contributed by atoms with Gasteiger partial charge >= 0.3 is 5.97 Å². The Morgan fingerprint density at radius 1 is 1.14 bits per heavy atom. The Hall–Kier alpha value is -0.870.